The largest absolute Gasteiger partial charge is 0.399 e. The topological polar surface area (TPSA) is 51.8 Å². The number of nitrogens with zero attached hydrogens (tertiary/aromatic N) is 2. The zero-order chi connectivity index (χ0) is 10.7. The van der Waals surface area contributed by atoms with Gasteiger partial charge in [0, 0.05) is 24.0 Å². The van der Waals surface area contributed by atoms with Crippen LogP contribution in [0.25, 0.3) is 0 Å². The van der Waals surface area contributed by atoms with E-state index in [2.05, 4.69) is 9.97 Å². The quantitative estimate of drug-likeness (QED) is 0.752. The Morgan fingerprint density at radius 2 is 2.13 bits per heavy atom. The van der Waals surface area contributed by atoms with Crippen LogP contribution in [0.15, 0.2) is 36.5 Å². The molecule has 3 heteroatoms. The molecule has 1 aromatic heterocycles. The van der Waals surface area contributed by atoms with Crippen LogP contribution < -0.4 is 5.73 Å². The van der Waals surface area contributed by atoms with Crippen molar-refractivity contribution >= 4 is 5.69 Å². The van der Waals surface area contributed by atoms with Crippen molar-refractivity contribution in [2.45, 2.75) is 13.3 Å². The zero-order valence-corrected chi connectivity index (χ0v) is 8.64. The van der Waals surface area contributed by atoms with Gasteiger partial charge in [0.25, 0.3) is 0 Å². The third-order valence-corrected chi connectivity index (χ3v) is 2.16. The molecule has 0 bridgehead atoms. The molecule has 0 saturated carbocycles. The Kier molecular flexibility index (Phi) is 2.63. The van der Waals surface area contributed by atoms with E-state index in [1.165, 1.54) is 0 Å². The highest BCUT2D eigenvalue weighted by atomic mass is 14.9. The monoisotopic (exact) mass is 199 g/mol. The average Bonchev–Trinajstić information content (AvgIpc) is 2.17. The molecule has 2 N–H and O–H groups in total. The summed E-state index contributed by atoms with van der Waals surface area (Å²) < 4.78 is 0. The lowest BCUT2D eigenvalue weighted by atomic mass is 10.1. The Morgan fingerprint density at radius 1 is 1.27 bits per heavy atom. The smallest absolute Gasteiger partial charge is 0.132 e. The Hall–Kier alpha value is -1.90. The minimum atomic E-state index is 0.729. The molecule has 76 valence electrons. The molecule has 0 aliphatic heterocycles. The van der Waals surface area contributed by atoms with Gasteiger partial charge < -0.3 is 5.73 Å². The van der Waals surface area contributed by atoms with Crippen LogP contribution in [-0.2, 0) is 6.42 Å². The van der Waals surface area contributed by atoms with E-state index in [-0.39, 0.29) is 0 Å². The van der Waals surface area contributed by atoms with Crippen LogP contribution in [0.2, 0.25) is 0 Å². The molecule has 3 nitrogen and oxygen atoms in total. The highest BCUT2D eigenvalue weighted by Gasteiger charge is 1.99. The predicted molar refractivity (Wildman–Crippen MR) is 60.4 cm³/mol. The van der Waals surface area contributed by atoms with E-state index in [0.717, 1.165) is 29.2 Å². The molecule has 0 aliphatic carbocycles. The number of aromatic nitrogens is 2. The van der Waals surface area contributed by atoms with Crippen LogP contribution in [0.3, 0.4) is 0 Å². The van der Waals surface area contributed by atoms with Crippen molar-refractivity contribution in [1.29, 1.82) is 0 Å². The fraction of sp³-hybridized carbons (Fsp3) is 0.167. The summed E-state index contributed by atoms with van der Waals surface area (Å²) in [7, 11) is 0. The van der Waals surface area contributed by atoms with Crippen molar-refractivity contribution in [2.24, 2.45) is 0 Å². The van der Waals surface area contributed by atoms with Crippen LogP contribution in [0.5, 0.6) is 0 Å². The van der Waals surface area contributed by atoms with E-state index in [9.17, 15) is 0 Å². The Labute approximate surface area is 89.0 Å². The molecule has 15 heavy (non-hydrogen) atoms. The molecule has 1 heterocycles. The summed E-state index contributed by atoms with van der Waals surface area (Å²) in [6.45, 7) is 1.96. The van der Waals surface area contributed by atoms with Crippen molar-refractivity contribution in [1.82, 2.24) is 9.97 Å². The molecule has 1 aromatic carbocycles. The van der Waals surface area contributed by atoms with Gasteiger partial charge in [0.2, 0.25) is 0 Å². The van der Waals surface area contributed by atoms with E-state index in [1.54, 1.807) is 6.20 Å². The van der Waals surface area contributed by atoms with E-state index < -0.39 is 0 Å². The van der Waals surface area contributed by atoms with E-state index in [0.29, 0.717) is 0 Å². The summed E-state index contributed by atoms with van der Waals surface area (Å²) in [6, 6.07) is 9.69. The number of rotatable bonds is 2. The lowest BCUT2D eigenvalue weighted by Crippen LogP contribution is -1.98. The summed E-state index contributed by atoms with van der Waals surface area (Å²) in [6.07, 6.45) is 2.51. The molecule has 0 spiro atoms. The molecule has 2 rings (SSSR count). The van der Waals surface area contributed by atoms with Gasteiger partial charge in [0.05, 0.1) is 0 Å². The zero-order valence-electron chi connectivity index (χ0n) is 8.64. The minimum absolute atomic E-state index is 0.729. The maximum absolute atomic E-state index is 5.70. The van der Waals surface area contributed by atoms with Gasteiger partial charge in [-0.25, -0.2) is 9.97 Å². The van der Waals surface area contributed by atoms with Crippen molar-refractivity contribution in [3.63, 3.8) is 0 Å². The number of hydrogen-bond acceptors (Lipinski definition) is 3. The summed E-state index contributed by atoms with van der Waals surface area (Å²) in [5.41, 5.74) is 8.61. The molecule has 0 atom stereocenters. The predicted octanol–water partition coefficient (Wildman–Crippen LogP) is 1.96. The van der Waals surface area contributed by atoms with Gasteiger partial charge in [-0.15, -0.1) is 0 Å². The van der Waals surface area contributed by atoms with Crippen LogP contribution in [0, 0.1) is 6.92 Å². The van der Waals surface area contributed by atoms with Crippen LogP contribution >= 0.6 is 0 Å². The molecule has 0 radical (unpaired) electrons. The number of nitrogens with two attached hydrogens (primary N) is 1. The standard InChI is InChI=1S/C12H13N3/c1-9-5-6-14-12(15-9)8-10-3-2-4-11(13)7-10/h2-7H,8,13H2,1H3. The summed E-state index contributed by atoms with van der Waals surface area (Å²) in [5.74, 6) is 0.834. The van der Waals surface area contributed by atoms with Gasteiger partial charge in [0.15, 0.2) is 0 Å². The second-order valence-corrected chi connectivity index (χ2v) is 3.54. The Morgan fingerprint density at radius 3 is 2.87 bits per heavy atom. The second-order valence-electron chi connectivity index (χ2n) is 3.54. The minimum Gasteiger partial charge on any atom is -0.399 e. The third-order valence-electron chi connectivity index (χ3n) is 2.16. The number of aryl methyl sites for hydroxylation is 1. The first-order chi connectivity index (χ1) is 7.24. The fourth-order valence-corrected chi connectivity index (χ4v) is 1.47. The first-order valence-corrected chi connectivity index (χ1v) is 4.87. The molecule has 0 saturated heterocycles. The molecule has 0 fully saturated rings. The summed E-state index contributed by atoms with van der Waals surface area (Å²) in [5, 5.41) is 0. The lowest BCUT2D eigenvalue weighted by molar-refractivity contribution is 0.942. The maximum atomic E-state index is 5.70. The number of anilines is 1. The van der Waals surface area contributed by atoms with E-state index in [4.69, 9.17) is 5.73 Å². The molecule has 0 aliphatic rings. The van der Waals surface area contributed by atoms with Crippen molar-refractivity contribution in [2.75, 3.05) is 5.73 Å². The van der Waals surface area contributed by atoms with Crippen molar-refractivity contribution in [3.05, 3.63) is 53.6 Å². The highest BCUT2D eigenvalue weighted by Crippen LogP contribution is 2.09. The SMILES string of the molecule is Cc1ccnc(Cc2cccc(N)c2)n1. The average molecular weight is 199 g/mol. The van der Waals surface area contributed by atoms with Crippen LogP contribution in [-0.4, -0.2) is 9.97 Å². The van der Waals surface area contributed by atoms with Crippen molar-refractivity contribution in [3.8, 4) is 0 Å². The maximum Gasteiger partial charge on any atom is 0.132 e. The van der Waals surface area contributed by atoms with Gasteiger partial charge >= 0.3 is 0 Å². The van der Waals surface area contributed by atoms with Gasteiger partial charge in [-0.3, -0.25) is 0 Å². The normalized spacial score (nSPS) is 10.2. The number of hydrogen-bond donors (Lipinski definition) is 1. The number of nitrogen functional groups attached to an aromatic ring is 1. The molecular formula is C12H13N3. The molecule has 0 unspecified atom stereocenters. The van der Waals surface area contributed by atoms with E-state index in [1.807, 2.05) is 37.3 Å². The van der Waals surface area contributed by atoms with Gasteiger partial charge in [-0.05, 0) is 30.7 Å². The molecule has 0 amide bonds. The summed E-state index contributed by atoms with van der Waals surface area (Å²) in [4.78, 5) is 8.56. The van der Waals surface area contributed by atoms with Gasteiger partial charge in [-0.2, -0.15) is 0 Å². The fourth-order valence-electron chi connectivity index (χ4n) is 1.47. The van der Waals surface area contributed by atoms with Gasteiger partial charge in [0.1, 0.15) is 5.82 Å². The summed E-state index contributed by atoms with van der Waals surface area (Å²) >= 11 is 0. The molecule has 2 aromatic rings. The lowest BCUT2D eigenvalue weighted by Gasteiger charge is -2.02. The first-order valence-electron chi connectivity index (χ1n) is 4.87. The van der Waals surface area contributed by atoms with Crippen LogP contribution in [0.1, 0.15) is 17.1 Å². The Bertz CT molecular complexity index is 422. The third kappa shape index (κ3) is 2.53. The van der Waals surface area contributed by atoms with Gasteiger partial charge in [-0.1, -0.05) is 12.1 Å². The van der Waals surface area contributed by atoms with Crippen molar-refractivity contribution < 1.29 is 0 Å². The second kappa shape index (κ2) is 4.09. The Balaban J connectivity index is 2.22. The first kappa shape index (κ1) is 9.65. The van der Waals surface area contributed by atoms with E-state index >= 15 is 0 Å². The highest BCUT2D eigenvalue weighted by molar-refractivity contribution is 5.41. The molecular weight excluding hydrogens is 186 g/mol. The number of benzene rings is 1. The van der Waals surface area contributed by atoms with Crippen LogP contribution in [0.4, 0.5) is 5.69 Å².